The molecule has 0 saturated carbocycles. The monoisotopic (exact) mass is 526 g/mol. The number of alkyl halides is 12. The molecule has 1 radical (unpaired) electrons. The van der Waals surface area contributed by atoms with Crippen LogP contribution in [0.4, 0.5) is 52.7 Å². The first kappa shape index (κ1) is 26.6. The van der Waals surface area contributed by atoms with Gasteiger partial charge in [-0.3, -0.25) is 0 Å². The average molecular weight is 526 g/mol. The van der Waals surface area contributed by atoms with Crippen molar-refractivity contribution in [2.24, 2.45) is 0 Å². The van der Waals surface area contributed by atoms with Crippen molar-refractivity contribution in [1.29, 1.82) is 0 Å². The summed E-state index contributed by atoms with van der Waals surface area (Å²) in [5.41, 5.74) is -8.59. The lowest BCUT2D eigenvalue weighted by atomic mass is 9.94. The van der Waals surface area contributed by atoms with Gasteiger partial charge in [-0.05, 0) is 29.8 Å². The van der Waals surface area contributed by atoms with Gasteiger partial charge in [-0.1, -0.05) is 6.07 Å². The molecule has 3 nitrogen and oxygen atoms in total. The summed E-state index contributed by atoms with van der Waals surface area (Å²) < 4.78 is 167. The standard InChI is InChI=1S/C18H9F12NO2.Al/c19-15(20,21)8-3-7(4-9(5-8)16(22,23)24)11(32)6-12(33)10-1-2-13(17(25,26)27)31-14(10)18(28,29)30;/h1-5,11-12H,6H2;/q-2;+2. The summed E-state index contributed by atoms with van der Waals surface area (Å²) in [6.45, 7) is 0. The Kier molecular flexibility index (Phi) is 6.95. The van der Waals surface area contributed by atoms with E-state index in [0.29, 0.717) is 18.2 Å². The third kappa shape index (κ3) is 5.96. The first-order valence-corrected chi connectivity index (χ1v) is 9.89. The molecule has 34 heavy (non-hydrogen) atoms. The van der Waals surface area contributed by atoms with E-state index in [1.54, 1.807) is 0 Å². The first-order chi connectivity index (χ1) is 15.4. The number of rotatable bonds is 2. The van der Waals surface area contributed by atoms with Crippen molar-refractivity contribution in [2.45, 2.75) is 43.3 Å². The largest absolute Gasteiger partial charge is 0.669 e. The normalized spacial score (nSPS) is 20.2. The second-order valence-electron chi connectivity index (χ2n) is 7.05. The smallest absolute Gasteiger partial charge is 0.478 e. The predicted octanol–water partition coefficient (Wildman–Crippen LogP) is 6.91. The molecule has 1 fully saturated rings. The lowest BCUT2D eigenvalue weighted by Crippen LogP contribution is -2.27. The van der Waals surface area contributed by atoms with Crippen molar-refractivity contribution in [3.8, 4) is 0 Å². The fourth-order valence-electron chi connectivity index (χ4n) is 3.17. The van der Waals surface area contributed by atoms with Crippen LogP contribution in [0.2, 0.25) is 0 Å². The van der Waals surface area contributed by atoms with Crippen molar-refractivity contribution in [2.75, 3.05) is 0 Å². The molecule has 2 aromatic rings. The van der Waals surface area contributed by atoms with Gasteiger partial charge in [0.15, 0.2) is 5.69 Å². The Labute approximate surface area is 189 Å². The Bertz CT molecular complexity index is 1010. The first-order valence-electron chi connectivity index (χ1n) is 8.94. The van der Waals surface area contributed by atoms with Gasteiger partial charge in [0, 0.05) is 12.0 Å². The molecule has 0 spiro atoms. The molecule has 0 amide bonds. The number of halogens is 12. The molecule has 0 N–H and O–H groups in total. The molecular weight excluding hydrogens is 517 g/mol. The molecule has 16 heteroatoms. The molecule has 1 aliphatic rings. The maximum Gasteiger partial charge on any atom is 0.669 e. The highest BCUT2D eigenvalue weighted by Crippen LogP contribution is 2.44. The third-order valence-electron chi connectivity index (χ3n) is 4.68. The summed E-state index contributed by atoms with van der Waals surface area (Å²) in [5, 5.41) is 0. The lowest BCUT2D eigenvalue weighted by molar-refractivity contribution is -0.151. The van der Waals surface area contributed by atoms with Crippen LogP contribution < -0.4 is 0 Å². The number of hydrogen-bond donors (Lipinski definition) is 0. The van der Waals surface area contributed by atoms with Gasteiger partial charge < -0.3 is 7.58 Å². The highest BCUT2D eigenvalue weighted by Gasteiger charge is 2.43. The minimum Gasteiger partial charge on any atom is -0.478 e. The van der Waals surface area contributed by atoms with Gasteiger partial charge in [-0.15, -0.1) is 0 Å². The van der Waals surface area contributed by atoms with Gasteiger partial charge in [0.1, 0.15) is 5.69 Å². The topological polar surface area (TPSA) is 31.4 Å². The SMILES string of the molecule is FC(F)(F)c1cc(C2CC(c3ccc(C(F)(F)F)nc3C(F)(F)F)[O][Al][O]2)cc(C(F)(F)F)c1. The van der Waals surface area contributed by atoms with E-state index in [1.165, 1.54) is 0 Å². The van der Waals surface area contributed by atoms with Gasteiger partial charge in [0.25, 0.3) is 0 Å². The minimum atomic E-state index is -5.36. The van der Waals surface area contributed by atoms with E-state index < -0.39 is 92.9 Å². The summed E-state index contributed by atoms with van der Waals surface area (Å²) >= 11 is -1.69. The average Bonchev–Trinajstić information content (AvgIpc) is 2.70. The van der Waals surface area contributed by atoms with Crippen LogP contribution in [0.5, 0.6) is 0 Å². The predicted molar refractivity (Wildman–Crippen MR) is 88.7 cm³/mol. The zero-order chi connectivity index (χ0) is 25.7. The number of nitrogens with zero attached hydrogens (tertiary/aromatic N) is 1. The van der Waals surface area contributed by atoms with Crippen molar-refractivity contribution in [3.05, 3.63) is 64.0 Å². The Morgan fingerprint density at radius 3 is 1.68 bits per heavy atom. The highest BCUT2D eigenvalue weighted by molar-refractivity contribution is 6.18. The van der Waals surface area contributed by atoms with Crippen LogP contribution in [-0.4, -0.2) is 20.9 Å². The molecule has 1 aromatic heterocycles. The van der Waals surface area contributed by atoms with E-state index in [9.17, 15) is 52.7 Å². The molecule has 1 aliphatic heterocycles. The van der Waals surface area contributed by atoms with Gasteiger partial charge >= 0.3 is 40.6 Å². The van der Waals surface area contributed by atoms with Crippen molar-refractivity contribution >= 4 is 15.9 Å². The van der Waals surface area contributed by atoms with Crippen molar-refractivity contribution in [1.82, 2.24) is 4.98 Å². The van der Waals surface area contributed by atoms with E-state index in [-0.39, 0.29) is 12.1 Å². The fraction of sp³-hybridized carbons (Fsp3) is 0.389. The Balaban J connectivity index is 2.02. The second-order valence-corrected chi connectivity index (χ2v) is 7.79. The molecular formula is C18H9AlF12NO2. The van der Waals surface area contributed by atoms with Gasteiger partial charge in [-0.25, -0.2) is 4.98 Å². The maximum absolute atomic E-state index is 13.4. The van der Waals surface area contributed by atoms with Crippen LogP contribution in [0.3, 0.4) is 0 Å². The lowest BCUT2D eigenvalue weighted by Gasteiger charge is -2.33. The number of pyridine rings is 1. The summed E-state index contributed by atoms with van der Waals surface area (Å²) in [7, 11) is 0. The van der Waals surface area contributed by atoms with E-state index in [0.717, 1.165) is 0 Å². The third-order valence-corrected chi connectivity index (χ3v) is 5.56. The van der Waals surface area contributed by atoms with Crippen molar-refractivity contribution < 1.29 is 60.3 Å². The van der Waals surface area contributed by atoms with Crippen LogP contribution in [0, 0.1) is 0 Å². The number of hydrogen-bond acceptors (Lipinski definition) is 3. The minimum absolute atomic E-state index is 0.130. The summed E-state index contributed by atoms with van der Waals surface area (Å²) in [6.07, 6.45) is -24.8. The van der Waals surface area contributed by atoms with Crippen molar-refractivity contribution in [3.63, 3.8) is 0 Å². The molecule has 185 valence electrons. The fourth-order valence-corrected chi connectivity index (χ4v) is 4.02. The molecule has 2 atom stereocenters. The van der Waals surface area contributed by atoms with Crippen LogP contribution >= 0.6 is 0 Å². The van der Waals surface area contributed by atoms with E-state index >= 15 is 0 Å². The van der Waals surface area contributed by atoms with E-state index in [1.807, 2.05) is 0 Å². The van der Waals surface area contributed by atoms with Gasteiger partial charge in [0.05, 0.1) is 23.3 Å². The number of aromatic nitrogens is 1. The summed E-state index contributed by atoms with van der Waals surface area (Å²) in [6, 6.07) is 1.31. The van der Waals surface area contributed by atoms with E-state index in [2.05, 4.69) is 4.98 Å². The number of benzene rings is 1. The van der Waals surface area contributed by atoms with Crippen LogP contribution in [0.15, 0.2) is 30.3 Å². The summed E-state index contributed by atoms with van der Waals surface area (Å²) in [5.74, 6) is 0. The molecule has 0 aliphatic carbocycles. The zero-order valence-corrected chi connectivity index (χ0v) is 17.3. The molecule has 1 aromatic carbocycles. The summed E-state index contributed by atoms with van der Waals surface area (Å²) in [4.78, 5) is 2.62. The molecule has 0 bridgehead atoms. The van der Waals surface area contributed by atoms with Crippen LogP contribution in [0.25, 0.3) is 0 Å². The van der Waals surface area contributed by atoms with E-state index in [4.69, 9.17) is 7.58 Å². The molecule has 3 rings (SSSR count). The Morgan fingerprint density at radius 1 is 0.676 bits per heavy atom. The maximum atomic E-state index is 13.4. The highest BCUT2D eigenvalue weighted by atomic mass is 27.2. The zero-order valence-electron chi connectivity index (χ0n) is 16.1. The van der Waals surface area contributed by atoms with Crippen LogP contribution in [-0.2, 0) is 32.3 Å². The molecule has 1 saturated heterocycles. The molecule has 2 unspecified atom stereocenters. The van der Waals surface area contributed by atoms with Gasteiger partial charge in [0.2, 0.25) is 0 Å². The quantitative estimate of drug-likeness (QED) is 0.315. The molecule has 2 heterocycles. The second kappa shape index (κ2) is 8.89. The Morgan fingerprint density at radius 2 is 1.21 bits per heavy atom. The van der Waals surface area contributed by atoms with Gasteiger partial charge in [-0.2, -0.15) is 52.7 Å². The van der Waals surface area contributed by atoms with Crippen LogP contribution in [0.1, 0.15) is 52.3 Å². The Hall–Kier alpha value is -2.02.